The summed E-state index contributed by atoms with van der Waals surface area (Å²) in [5.74, 6) is -2.09. The molecule has 3 N–H and O–H groups in total. The molecule has 0 unspecified atom stereocenters. The minimum atomic E-state index is -1.25. The maximum Gasteiger partial charge on any atom is 0.326 e. The summed E-state index contributed by atoms with van der Waals surface area (Å²) >= 11 is 13.2. The Bertz CT molecular complexity index is 1630. The van der Waals surface area contributed by atoms with E-state index in [1.807, 2.05) is 12.1 Å². The zero-order valence-corrected chi connectivity index (χ0v) is 23.0. The van der Waals surface area contributed by atoms with Crippen LogP contribution >= 0.6 is 23.2 Å². The van der Waals surface area contributed by atoms with Crippen molar-refractivity contribution in [1.82, 2.24) is 10.2 Å². The van der Waals surface area contributed by atoms with Gasteiger partial charge < -0.3 is 24.8 Å². The summed E-state index contributed by atoms with van der Waals surface area (Å²) in [5.41, 5.74) is 3.81. The number of rotatable bonds is 7. The molecule has 1 aliphatic heterocycles. The lowest BCUT2D eigenvalue weighted by Gasteiger charge is -2.30. The van der Waals surface area contributed by atoms with Crippen molar-refractivity contribution in [3.63, 3.8) is 0 Å². The molecule has 3 aromatic carbocycles. The van der Waals surface area contributed by atoms with Crippen LogP contribution in [0.2, 0.25) is 10.0 Å². The molecule has 0 aliphatic carbocycles. The van der Waals surface area contributed by atoms with Gasteiger partial charge in [-0.2, -0.15) is 0 Å². The fourth-order valence-electron chi connectivity index (χ4n) is 4.95. The number of aliphatic hydroxyl groups is 1. The number of hydrogen-bond acceptors (Lipinski definition) is 5. The summed E-state index contributed by atoms with van der Waals surface area (Å²) in [5, 5.41) is 23.3. The highest BCUT2D eigenvalue weighted by atomic mass is 35.5. The van der Waals surface area contributed by atoms with Gasteiger partial charge >= 0.3 is 5.97 Å². The van der Waals surface area contributed by atoms with Gasteiger partial charge in [-0.25, -0.2) is 4.79 Å². The Hall–Kier alpha value is -3.85. The third kappa shape index (κ3) is 5.56. The number of fused-ring (bicyclic) bond motifs is 2. The molecular formula is C30H26Cl2N2O6. The smallest absolute Gasteiger partial charge is 0.326 e. The molecule has 40 heavy (non-hydrogen) atoms. The van der Waals surface area contributed by atoms with E-state index >= 15 is 0 Å². The van der Waals surface area contributed by atoms with Crippen LogP contribution in [0.15, 0.2) is 65.3 Å². The molecule has 2 amide bonds. The number of carboxylic acid groups (broad SMARTS) is 1. The first-order valence-electron chi connectivity index (χ1n) is 12.7. The second kappa shape index (κ2) is 11.3. The highest BCUT2D eigenvalue weighted by molar-refractivity contribution is 6.40. The molecule has 206 valence electrons. The van der Waals surface area contributed by atoms with Gasteiger partial charge in [-0.3, -0.25) is 9.59 Å². The minimum Gasteiger partial charge on any atom is -0.480 e. The molecule has 1 aromatic heterocycles. The number of hydrogen-bond donors (Lipinski definition) is 3. The zero-order valence-electron chi connectivity index (χ0n) is 21.5. The number of aliphatic hydroxyl groups excluding tert-OH is 1. The summed E-state index contributed by atoms with van der Waals surface area (Å²) in [7, 11) is 0. The average Bonchev–Trinajstić information content (AvgIpc) is 3.40. The van der Waals surface area contributed by atoms with Gasteiger partial charge in [0.15, 0.2) is 0 Å². The molecule has 1 aliphatic rings. The second-order valence-corrected chi connectivity index (χ2v) is 10.6. The molecule has 0 radical (unpaired) electrons. The van der Waals surface area contributed by atoms with Crippen LogP contribution in [0.3, 0.4) is 0 Å². The van der Waals surface area contributed by atoms with E-state index in [0.29, 0.717) is 40.8 Å². The van der Waals surface area contributed by atoms with Crippen molar-refractivity contribution >= 4 is 52.0 Å². The van der Waals surface area contributed by atoms with Gasteiger partial charge in [-0.15, -0.1) is 0 Å². The van der Waals surface area contributed by atoms with Crippen LogP contribution in [0.5, 0.6) is 0 Å². The number of nitrogens with one attached hydrogen (secondary N) is 1. The predicted molar refractivity (Wildman–Crippen MR) is 151 cm³/mol. The first kappa shape index (κ1) is 27.7. The van der Waals surface area contributed by atoms with Crippen LogP contribution in [0.25, 0.3) is 11.0 Å². The molecule has 8 nitrogen and oxygen atoms in total. The molecule has 5 rings (SSSR count). The Kier molecular flexibility index (Phi) is 7.85. The lowest BCUT2D eigenvalue weighted by atomic mass is 9.95. The van der Waals surface area contributed by atoms with Crippen molar-refractivity contribution < 1.29 is 29.0 Å². The molecule has 0 spiro atoms. The lowest BCUT2D eigenvalue weighted by molar-refractivity contribution is -0.139. The Balaban J connectivity index is 1.34. The van der Waals surface area contributed by atoms with Crippen LogP contribution in [-0.4, -0.2) is 45.5 Å². The fourth-order valence-corrected chi connectivity index (χ4v) is 5.71. The first-order chi connectivity index (χ1) is 19.1. The number of halogens is 2. The highest BCUT2D eigenvalue weighted by Crippen LogP contribution is 2.35. The molecule has 2 atom stereocenters. The molecule has 10 heteroatoms. The summed E-state index contributed by atoms with van der Waals surface area (Å²) < 4.78 is 5.42. The van der Waals surface area contributed by atoms with Crippen molar-refractivity contribution in [1.29, 1.82) is 0 Å². The number of carbonyl (C=O) groups is 3. The molecule has 0 fully saturated rings. The van der Waals surface area contributed by atoms with Crippen molar-refractivity contribution in [3.05, 3.63) is 104 Å². The van der Waals surface area contributed by atoms with Gasteiger partial charge in [0.05, 0.1) is 28.0 Å². The molecular weight excluding hydrogens is 555 g/mol. The number of benzene rings is 3. The third-order valence-electron chi connectivity index (χ3n) is 7.10. The van der Waals surface area contributed by atoms with Crippen molar-refractivity contribution in [2.45, 2.75) is 38.5 Å². The minimum absolute atomic E-state index is 0.00266. The van der Waals surface area contributed by atoms with Gasteiger partial charge in [-0.05, 0) is 59.9 Å². The standard InChI is InChI=1S/C30H26Cl2N2O6/c1-16(35)19-4-2-3-17(11-19)12-24(30(38)39)33-28(36)26-23(31)13-21-15-34(9-7-22(21)27(26)32)29(37)20-6-5-18-8-10-40-25(18)14-20/h2-6,8,10-11,13-14,16,24,35H,7,9,12,15H2,1H3,(H,33,36)(H,38,39)/t16-,24+/m1/s1. The van der Waals surface area contributed by atoms with E-state index < -0.39 is 24.0 Å². The van der Waals surface area contributed by atoms with Crippen LogP contribution in [0, 0.1) is 0 Å². The van der Waals surface area contributed by atoms with Gasteiger partial charge in [0.25, 0.3) is 11.8 Å². The Morgan fingerprint density at radius 2 is 1.90 bits per heavy atom. The largest absolute Gasteiger partial charge is 0.480 e. The number of amides is 2. The topological polar surface area (TPSA) is 120 Å². The SMILES string of the molecule is C[C@@H](O)c1cccc(C[C@H](NC(=O)c2c(Cl)cc3c(c2Cl)CCN(C(=O)c2ccc4ccoc4c2)C3)C(=O)O)c1. The molecule has 0 saturated carbocycles. The van der Waals surface area contributed by atoms with E-state index in [4.69, 9.17) is 27.6 Å². The summed E-state index contributed by atoms with van der Waals surface area (Å²) in [6.45, 7) is 2.25. The summed E-state index contributed by atoms with van der Waals surface area (Å²) in [4.78, 5) is 40.1. The van der Waals surface area contributed by atoms with Gasteiger partial charge in [0.2, 0.25) is 0 Å². The van der Waals surface area contributed by atoms with Crippen LogP contribution < -0.4 is 5.32 Å². The maximum absolute atomic E-state index is 13.2. The van der Waals surface area contributed by atoms with E-state index in [1.165, 1.54) is 0 Å². The van der Waals surface area contributed by atoms with E-state index in [2.05, 4.69) is 5.32 Å². The number of carbonyl (C=O) groups excluding carboxylic acids is 2. The quantitative estimate of drug-likeness (QED) is 0.268. The average molecular weight is 581 g/mol. The maximum atomic E-state index is 13.2. The zero-order chi connectivity index (χ0) is 28.6. The monoisotopic (exact) mass is 580 g/mol. The predicted octanol–water partition coefficient (Wildman–Crippen LogP) is 5.42. The van der Waals surface area contributed by atoms with Crippen LogP contribution in [-0.2, 0) is 24.2 Å². The van der Waals surface area contributed by atoms with E-state index in [0.717, 1.165) is 10.9 Å². The van der Waals surface area contributed by atoms with Gasteiger partial charge in [0.1, 0.15) is 11.6 Å². The van der Waals surface area contributed by atoms with Gasteiger partial charge in [0, 0.05) is 30.5 Å². The van der Waals surface area contributed by atoms with Crippen molar-refractivity contribution in [3.8, 4) is 0 Å². The summed E-state index contributed by atoms with van der Waals surface area (Å²) in [6, 6.07) is 14.4. The van der Waals surface area contributed by atoms with Gasteiger partial charge in [-0.1, -0.05) is 53.5 Å². The summed E-state index contributed by atoms with van der Waals surface area (Å²) in [6.07, 6.45) is 1.26. The Labute approximate surface area is 240 Å². The number of aliphatic carboxylic acids is 1. The van der Waals surface area contributed by atoms with Crippen molar-refractivity contribution in [2.24, 2.45) is 0 Å². The normalized spacial score (nSPS) is 14.4. The number of nitrogens with zero attached hydrogens (tertiary/aromatic N) is 1. The number of furan rings is 1. The third-order valence-corrected chi connectivity index (χ3v) is 7.81. The first-order valence-corrected chi connectivity index (χ1v) is 13.4. The van der Waals surface area contributed by atoms with Crippen molar-refractivity contribution in [2.75, 3.05) is 6.54 Å². The lowest BCUT2D eigenvalue weighted by Crippen LogP contribution is -2.42. The second-order valence-electron chi connectivity index (χ2n) is 9.82. The number of carboxylic acids is 1. The Morgan fingerprint density at radius 1 is 1.10 bits per heavy atom. The van der Waals surface area contributed by atoms with Crippen LogP contribution in [0.4, 0.5) is 0 Å². The van der Waals surface area contributed by atoms with Crippen LogP contribution in [0.1, 0.15) is 56.0 Å². The highest BCUT2D eigenvalue weighted by Gasteiger charge is 2.30. The Morgan fingerprint density at radius 3 is 2.65 bits per heavy atom. The fraction of sp³-hybridized carbons (Fsp3) is 0.233. The molecule has 4 aromatic rings. The van der Waals surface area contributed by atoms with E-state index in [1.54, 1.807) is 60.6 Å². The molecule has 2 heterocycles. The molecule has 0 saturated heterocycles. The van der Waals surface area contributed by atoms with E-state index in [9.17, 15) is 24.6 Å². The van der Waals surface area contributed by atoms with E-state index in [-0.39, 0.29) is 34.5 Å². The molecule has 0 bridgehead atoms.